The van der Waals surface area contributed by atoms with Crippen LogP contribution >= 0.6 is 34.5 Å². The van der Waals surface area contributed by atoms with Crippen LogP contribution < -0.4 is 4.90 Å². The molecule has 0 spiro atoms. The molecule has 23 heavy (non-hydrogen) atoms. The molecule has 1 heterocycles. The molecule has 4 nitrogen and oxygen atoms in total. The van der Waals surface area contributed by atoms with Gasteiger partial charge in [0.05, 0.1) is 15.7 Å². The third kappa shape index (κ3) is 3.49. The molecule has 2 aromatic rings. The zero-order chi connectivity index (χ0) is 17.3. The van der Waals surface area contributed by atoms with Crippen molar-refractivity contribution in [2.45, 2.75) is 4.21 Å². The number of carbonyl (C=O) groups is 1. The van der Waals surface area contributed by atoms with Gasteiger partial charge in [-0.2, -0.15) is 5.26 Å². The van der Waals surface area contributed by atoms with Crippen molar-refractivity contribution in [2.75, 3.05) is 25.3 Å². The minimum absolute atomic E-state index is 0.268. The van der Waals surface area contributed by atoms with E-state index in [2.05, 4.69) is 6.07 Å². The summed E-state index contributed by atoms with van der Waals surface area (Å²) in [4.78, 5) is 14.8. The second kappa shape index (κ2) is 7.12. The van der Waals surface area contributed by atoms with Crippen molar-refractivity contribution in [3.05, 3.63) is 44.2 Å². The monoisotopic (exact) mass is 386 g/mol. The third-order valence-electron chi connectivity index (χ3n) is 3.06. The van der Waals surface area contributed by atoms with E-state index in [1.54, 1.807) is 31.1 Å². The maximum absolute atomic E-state index is 12.8. The second-order valence-electron chi connectivity index (χ2n) is 4.86. The van der Waals surface area contributed by atoms with Crippen molar-refractivity contribution < 1.29 is 9.35 Å². The fraction of sp³-hybridized carbons (Fsp3) is 0.200. The Balaban J connectivity index is 2.64. The highest BCUT2D eigenvalue weighted by atomic mass is 35.5. The van der Waals surface area contributed by atoms with E-state index in [-0.39, 0.29) is 16.4 Å². The Bertz CT molecular complexity index is 811. The Hall–Kier alpha value is -1.23. The molecule has 2 rings (SSSR count). The van der Waals surface area contributed by atoms with Gasteiger partial charge in [-0.05, 0) is 29.4 Å². The van der Waals surface area contributed by atoms with Crippen LogP contribution in [0.5, 0.6) is 0 Å². The first-order valence-corrected chi connectivity index (χ1v) is 9.48. The quantitative estimate of drug-likeness (QED) is 0.588. The Morgan fingerprint density at radius 2 is 2.00 bits per heavy atom. The maximum Gasteiger partial charge on any atom is 0.227 e. The van der Waals surface area contributed by atoms with Gasteiger partial charge >= 0.3 is 0 Å². The molecule has 1 atom stereocenters. The van der Waals surface area contributed by atoms with E-state index in [0.717, 1.165) is 11.3 Å². The van der Waals surface area contributed by atoms with Gasteiger partial charge in [-0.25, -0.2) is 0 Å². The van der Waals surface area contributed by atoms with Crippen LogP contribution in [0, 0.1) is 11.3 Å². The van der Waals surface area contributed by atoms with Gasteiger partial charge < -0.3 is 9.45 Å². The van der Waals surface area contributed by atoms with Crippen LogP contribution in [0.15, 0.2) is 22.4 Å². The van der Waals surface area contributed by atoms with Gasteiger partial charge in [0.1, 0.15) is 22.8 Å². The molecule has 0 saturated heterocycles. The molecule has 1 aromatic heterocycles. The van der Waals surface area contributed by atoms with Crippen molar-refractivity contribution in [1.29, 1.82) is 5.26 Å². The molecular formula is C15H12Cl2N2O2S2. The maximum atomic E-state index is 12.8. The summed E-state index contributed by atoms with van der Waals surface area (Å²) in [6.07, 6.45) is 1.49. The molecule has 0 aliphatic heterocycles. The topological polar surface area (TPSA) is 67.2 Å². The van der Waals surface area contributed by atoms with Gasteiger partial charge in [0.15, 0.2) is 0 Å². The highest BCUT2D eigenvalue weighted by Gasteiger charge is 2.29. The summed E-state index contributed by atoms with van der Waals surface area (Å²) in [5.74, 6) is -0.287. The summed E-state index contributed by atoms with van der Waals surface area (Å²) in [7, 11) is 3.47. The predicted molar refractivity (Wildman–Crippen MR) is 95.6 cm³/mol. The van der Waals surface area contributed by atoms with E-state index < -0.39 is 11.2 Å². The summed E-state index contributed by atoms with van der Waals surface area (Å²) >= 11 is 11.6. The number of hydrogen-bond acceptors (Lipinski definition) is 5. The molecular weight excluding hydrogens is 375 g/mol. The Kier molecular flexibility index (Phi) is 5.61. The van der Waals surface area contributed by atoms with Gasteiger partial charge in [-0.15, -0.1) is 0 Å². The lowest BCUT2D eigenvalue weighted by Gasteiger charge is -2.13. The van der Waals surface area contributed by atoms with Crippen molar-refractivity contribution >= 4 is 57.2 Å². The number of halogens is 2. The van der Waals surface area contributed by atoms with Gasteiger partial charge in [0.2, 0.25) is 9.99 Å². The van der Waals surface area contributed by atoms with Gasteiger partial charge in [0.25, 0.3) is 0 Å². The summed E-state index contributed by atoms with van der Waals surface area (Å²) in [5, 5.41) is 10.0. The summed E-state index contributed by atoms with van der Waals surface area (Å²) in [6, 6.07) is 6.66. The smallest absolute Gasteiger partial charge is 0.227 e. The number of nitrogens with zero attached hydrogens (tertiary/aromatic N) is 2. The average molecular weight is 387 g/mol. The molecule has 0 amide bonds. The van der Waals surface area contributed by atoms with Crippen molar-refractivity contribution in [2.24, 2.45) is 0 Å². The second-order valence-corrected chi connectivity index (χ2v) is 8.27. The number of hydrogen-bond donors (Lipinski definition) is 0. The summed E-state index contributed by atoms with van der Waals surface area (Å²) < 4.78 is 12.3. The molecule has 0 saturated carbocycles. The van der Waals surface area contributed by atoms with E-state index in [0.29, 0.717) is 25.4 Å². The molecule has 0 aliphatic carbocycles. The predicted octanol–water partition coefficient (Wildman–Crippen LogP) is 3.96. The minimum Gasteiger partial charge on any atom is -0.611 e. The zero-order valence-corrected chi connectivity index (χ0v) is 15.7. The molecule has 1 aromatic carbocycles. The number of rotatable bonds is 4. The lowest BCUT2D eigenvalue weighted by Crippen LogP contribution is -2.14. The molecule has 0 bridgehead atoms. The number of benzene rings is 1. The molecule has 0 aliphatic rings. The van der Waals surface area contributed by atoms with Crippen molar-refractivity contribution in [3.63, 3.8) is 0 Å². The van der Waals surface area contributed by atoms with Gasteiger partial charge in [-0.1, -0.05) is 34.5 Å². The standard InChI is InChI=1S/C15H12Cl2N2O2S2/c1-19(2)12-9(7-18)15(23(3)21)22-14(12)13(20)8-4-5-10(16)11(17)6-8/h4-6H,1-3H3. The van der Waals surface area contributed by atoms with E-state index in [4.69, 9.17) is 23.2 Å². The molecule has 0 fully saturated rings. The molecule has 120 valence electrons. The number of nitriles is 1. The minimum atomic E-state index is -1.36. The number of thiophene rings is 1. The zero-order valence-electron chi connectivity index (χ0n) is 12.5. The van der Waals surface area contributed by atoms with Gasteiger partial charge in [-0.3, -0.25) is 4.79 Å². The SMILES string of the molecule is CN(C)c1c(C(=O)c2ccc(Cl)c(Cl)c2)sc([S+](C)[O-])c1C#N. The van der Waals surface area contributed by atoms with Crippen LogP contribution in [0.1, 0.15) is 20.8 Å². The van der Waals surface area contributed by atoms with Crippen LogP contribution in [0.4, 0.5) is 5.69 Å². The fourth-order valence-electron chi connectivity index (χ4n) is 2.05. The Morgan fingerprint density at radius 3 is 2.48 bits per heavy atom. The summed E-state index contributed by atoms with van der Waals surface area (Å²) in [6.45, 7) is 0. The van der Waals surface area contributed by atoms with Crippen LogP contribution in [0.2, 0.25) is 10.0 Å². The first-order valence-electron chi connectivity index (χ1n) is 6.35. The molecule has 8 heteroatoms. The molecule has 1 unspecified atom stereocenters. The van der Waals surface area contributed by atoms with E-state index in [9.17, 15) is 14.6 Å². The normalized spacial score (nSPS) is 11.9. The summed E-state index contributed by atoms with van der Waals surface area (Å²) in [5.41, 5.74) is 1.10. The van der Waals surface area contributed by atoms with Crippen molar-refractivity contribution in [3.8, 4) is 6.07 Å². The number of anilines is 1. The highest BCUT2D eigenvalue weighted by molar-refractivity contribution is 7.92. The largest absolute Gasteiger partial charge is 0.611 e. The lowest BCUT2D eigenvalue weighted by atomic mass is 10.1. The van der Waals surface area contributed by atoms with E-state index in [1.165, 1.54) is 12.3 Å². The first kappa shape index (κ1) is 18.1. The van der Waals surface area contributed by atoms with E-state index >= 15 is 0 Å². The number of ketones is 1. The average Bonchev–Trinajstić information content (AvgIpc) is 2.89. The first-order chi connectivity index (χ1) is 10.8. The Morgan fingerprint density at radius 1 is 1.35 bits per heavy atom. The van der Waals surface area contributed by atoms with Crippen molar-refractivity contribution in [1.82, 2.24) is 0 Å². The third-order valence-corrected chi connectivity index (χ3v) is 6.45. The molecule has 0 radical (unpaired) electrons. The highest BCUT2D eigenvalue weighted by Crippen LogP contribution is 2.39. The van der Waals surface area contributed by atoms with Crippen LogP contribution in [0.3, 0.4) is 0 Å². The van der Waals surface area contributed by atoms with Crippen LogP contribution in [0.25, 0.3) is 0 Å². The number of carbonyl (C=O) groups excluding carboxylic acids is 1. The Labute approximate surface area is 151 Å². The van der Waals surface area contributed by atoms with E-state index in [1.807, 2.05) is 0 Å². The van der Waals surface area contributed by atoms with Gasteiger partial charge in [0, 0.05) is 19.7 Å². The fourth-order valence-corrected chi connectivity index (χ4v) is 4.52. The lowest BCUT2D eigenvalue weighted by molar-refractivity contribution is 0.104. The molecule has 0 N–H and O–H groups in total. The van der Waals surface area contributed by atoms with Crippen LogP contribution in [-0.4, -0.2) is 30.7 Å². The van der Waals surface area contributed by atoms with Crippen LogP contribution in [-0.2, 0) is 11.2 Å².